The Labute approximate surface area is 387 Å². The van der Waals surface area contributed by atoms with Gasteiger partial charge < -0.3 is 34.1 Å². The smallest absolute Gasteiger partial charge is 0.324 e. The number of carbonyl (C=O) groups excluding carboxylic acids is 4. The number of nitrogens with zero attached hydrogens (tertiary/aromatic N) is 7. The fourth-order valence-electron chi connectivity index (χ4n) is 10.8. The highest BCUT2D eigenvalue weighted by Gasteiger charge is 2.46. The molecule has 4 aliphatic rings. The summed E-state index contributed by atoms with van der Waals surface area (Å²) in [6.07, 6.45) is 5.34. The zero-order valence-electron chi connectivity index (χ0n) is 39.6. The summed E-state index contributed by atoms with van der Waals surface area (Å²) in [4.78, 5) is 72.9. The molecule has 1 spiro atoms. The van der Waals surface area contributed by atoms with Crippen LogP contribution in [0.4, 0.5) is 4.79 Å². The van der Waals surface area contributed by atoms with Crippen LogP contribution in [0, 0.1) is 16.7 Å². The van der Waals surface area contributed by atoms with E-state index in [-0.39, 0.29) is 42.4 Å². The van der Waals surface area contributed by atoms with Gasteiger partial charge >= 0.3 is 12.0 Å². The lowest BCUT2D eigenvalue weighted by Gasteiger charge is -2.54. The van der Waals surface area contributed by atoms with Gasteiger partial charge in [0.15, 0.2) is 0 Å². The van der Waals surface area contributed by atoms with Gasteiger partial charge in [0.25, 0.3) is 5.91 Å². The molecule has 3 fully saturated rings. The van der Waals surface area contributed by atoms with Crippen molar-refractivity contribution in [2.24, 2.45) is 16.7 Å². The highest BCUT2D eigenvalue weighted by atomic mass is 32.1. The van der Waals surface area contributed by atoms with Crippen LogP contribution in [-0.2, 0) is 43.2 Å². The van der Waals surface area contributed by atoms with E-state index in [1.54, 1.807) is 25.3 Å². The molecule has 4 aliphatic heterocycles. The number of nitrogens with one attached hydrogen (secondary N) is 2. The van der Waals surface area contributed by atoms with E-state index in [0.717, 1.165) is 70.6 Å². The van der Waals surface area contributed by atoms with E-state index in [1.165, 1.54) is 16.3 Å². The molecule has 16 heteroatoms. The van der Waals surface area contributed by atoms with E-state index in [1.807, 2.05) is 37.1 Å². The van der Waals surface area contributed by atoms with Gasteiger partial charge in [-0.1, -0.05) is 33.8 Å². The third kappa shape index (κ3) is 9.41. The summed E-state index contributed by atoms with van der Waals surface area (Å²) in [6, 6.07) is 7.69. The molecule has 4 amide bonds. The standard InChI is InChI=1S/C49H67N9O6S/c1-10-57-39-17-16-32-22-34(39)35(43(57)33-14-11-19-50-41(33)31(4)63-9)24-48(5,6)29-64-46(61)36-15-12-21-58(53-36)45(60)37(23-40-51-38(32)25-65-40)52-44(59)42(30(2)3)55(8)47(62)56-20-13-18-49(28-56)26-54(7)27-49/h11,14,16-17,19,22,25,30-31,36-37,42,53H,10,12-13,15,18,20-21,23-24,26-29H2,1-9H3,(H,52,59)/t31-,36-,37-,42?/m0/s1. The van der Waals surface area contributed by atoms with Gasteiger partial charge in [-0.2, -0.15) is 0 Å². The molecular formula is C49H67N9O6S. The average molecular weight is 910 g/mol. The third-order valence-electron chi connectivity index (χ3n) is 13.9. The van der Waals surface area contributed by atoms with Crippen molar-refractivity contribution in [3.63, 3.8) is 0 Å². The number of ether oxygens (including phenoxy) is 2. The third-order valence-corrected chi connectivity index (χ3v) is 14.8. The Bertz CT molecular complexity index is 2420. The largest absolute Gasteiger partial charge is 0.464 e. The molecular weight excluding hydrogens is 843 g/mol. The van der Waals surface area contributed by atoms with Crippen LogP contribution >= 0.6 is 11.3 Å². The number of amides is 4. The van der Waals surface area contributed by atoms with Crippen molar-refractivity contribution in [3.05, 3.63) is 58.2 Å². The monoisotopic (exact) mass is 909 g/mol. The number of hydrazine groups is 1. The van der Waals surface area contributed by atoms with Gasteiger partial charge in [-0.15, -0.1) is 11.3 Å². The van der Waals surface area contributed by atoms with Gasteiger partial charge in [-0.05, 0) is 88.7 Å². The van der Waals surface area contributed by atoms with Gasteiger partial charge in [-0.3, -0.25) is 24.4 Å². The number of aryl methyl sites for hydroxylation is 1. The number of thiazole rings is 1. The van der Waals surface area contributed by atoms with Gasteiger partial charge in [-0.25, -0.2) is 15.2 Å². The zero-order chi connectivity index (χ0) is 46.4. The molecule has 1 unspecified atom stereocenters. The maximum absolute atomic E-state index is 14.7. The van der Waals surface area contributed by atoms with E-state index in [4.69, 9.17) is 19.4 Å². The number of urea groups is 1. The van der Waals surface area contributed by atoms with Gasteiger partial charge in [0.2, 0.25) is 5.91 Å². The van der Waals surface area contributed by atoms with Crippen LogP contribution in [-0.4, -0.2) is 137 Å². The molecule has 2 N–H and O–H groups in total. The maximum atomic E-state index is 14.7. The molecule has 3 saturated heterocycles. The van der Waals surface area contributed by atoms with Crippen LogP contribution in [0.1, 0.15) is 89.6 Å². The van der Waals surface area contributed by atoms with E-state index in [9.17, 15) is 19.2 Å². The second-order valence-electron chi connectivity index (χ2n) is 20.1. The number of carbonyl (C=O) groups is 4. The molecule has 3 aromatic heterocycles. The number of likely N-dealkylation sites (N-methyl/N-ethyl adjacent to an activating group) is 1. The number of hydrogen-bond acceptors (Lipinski definition) is 11. The first-order valence-electron chi connectivity index (χ1n) is 23.3. The number of rotatable bonds is 8. The Morgan fingerprint density at radius 2 is 1.89 bits per heavy atom. The highest BCUT2D eigenvalue weighted by molar-refractivity contribution is 7.10. The fraction of sp³-hybridized carbons (Fsp3) is 0.592. The molecule has 15 nitrogen and oxygen atoms in total. The number of esters is 1. The predicted octanol–water partition coefficient (Wildman–Crippen LogP) is 6.31. The van der Waals surface area contributed by atoms with Gasteiger partial charge in [0, 0.05) is 104 Å². The number of cyclic esters (lactones) is 1. The lowest BCUT2D eigenvalue weighted by atomic mass is 9.74. The van der Waals surface area contributed by atoms with Gasteiger partial charge in [0.1, 0.15) is 18.1 Å². The van der Waals surface area contributed by atoms with E-state index < -0.39 is 35.4 Å². The van der Waals surface area contributed by atoms with Crippen molar-refractivity contribution >= 4 is 46.1 Å². The van der Waals surface area contributed by atoms with Gasteiger partial charge in [0.05, 0.1) is 34.8 Å². The summed E-state index contributed by atoms with van der Waals surface area (Å²) in [7, 11) is 5.49. The Balaban J connectivity index is 1.15. The van der Waals surface area contributed by atoms with Crippen LogP contribution in [0.3, 0.4) is 0 Å². The normalized spacial score (nSPS) is 22.3. The molecule has 65 heavy (non-hydrogen) atoms. The van der Waals surface area contributed by atoms with E-state index in [2.05, 4.69) is 72.3 Å². The van der Waals surface area contributed by atoms with E-state index >= 15 is 0 Å². The second kappa shape index (κ2) is 18.8. The van der Waals surface area contributed by atoms with Crippen LogP contribution < -0.4 is 10.7 Å². The van der Waals surface area contributed by atoms with Crippen molar-refractivity contribution in [3.8, 4) is 22.5 Å². The highest BCUT2D eigenvalue weighted by Crippen LogP contribution is 2.42. The summed E-state index contributed by atoms with van der Waals surface area (Å²) in [5.41, 5.74) is 9.55. The Morgan fingerprint density at radius 1 is 1.11 bits per heavy atom. The number of methoxy groups -OCH3 is 1. The summed E-state index contributed by atoms with van der Waals surface area (Å²) in [5.74, 6) is -1.47. The minimum atomic E-state index is -1.03. The Morgan fingerprint density at radius 3 is 2.62 bits per heavy atom. The molecule has 1 aromatic carbocycles. The first kappa shape index (κ1) is 46.6. The Hall–Kier alpha value is -4.90. The average Bonchev–Trinajstić information content (AvgIpc) is 3.88. The SMILES string of the molecule is CCn1c(-c2cccnc2[C@H](C)OC)c2c3cc(ccc31)-c1csc(n1)C[C@H](NC(=O)C(C(C)C)N(C)C(=O)N1CCCC3(CN(C)C3)C1)C(=O)N1CCC[C@H](N1)C(=O)OCC(C)(C)C2. The topological polar surface area (TPSA) is 154 Å². The lowest BCUT2D eigenvalue weighted by molar-refractivity contribution is -0.155. The number of benzene rings is 1. The summed E-state index contributed by atoms with van der Waals surface area (Å²) in [6.45, 7) is 16.7. The number of piperidine rings is 1. The van der Waals surface area contributed by atoms with Crippen molar-refractivity contribution in [1.29, 1.82) is 0 Å². The minimum absolute atomic E-state index is 0.104. The number of aromatic nitrogens is 3. The molecule has 0 saturated carbocycles. The second-order valence-corrected chi connectivity index (χ2v) is 21.0. The summed E-state index contributed by atoms with van der Waals surface area (Å²) < 4.78 is 14.3. The van der Waals surface area contributed by atoms with Crippen molar-refractivity contribution in [2.75, 3.05) is 60.5 Å². The lowest BCUT2D eigenvalue weighted by Crippen LogP contribution is -2.65. The molecule has 350 valence electrons. The summed E-state index contributed by atoms with van der Waals surface area (Å²) >= 11 is 1.44. The zero-order valence-corrected chi connectivity index (χ0v) is 40.4. The minimum Gasteiger partial charge on any atom is -0.464 e. The molecule has 0 aliphatic carbocycles. The van der Waals surface area contributed by atoms with Crippen LogP contribution in [0.5, 0.6) is 0 Å². The fourth-order valence-corrected chi connectivity index (χ4v) is 11.7. The molecule has 4 aromatic rings. The first-order valence-corrected chi connectivity index (χ1v) is 24.2. The quantitative estimate of drug-likeness (QED) is 0.193. The van der Waals surface area contributed by atoms with Crippen LogP contribution in [0.25, 0.3) is 33.4 Å². The van der Waals surface area contributed by atoms with E-state index in [0.29, 0.717) is 50.4 Å². The Kier molecular flexibility index (Phi) is 13.5. The van der Waals surface area contributed by atoms with Crippen molar-refractivity contribution in [1.82, 2.24) is 45.0 Å². The molecule has 6 bridgehead atoms. The molecule has 8 rings (SSSR count). The van der Waals surface area contributed by atoms with Crippen molar-refractivity contribution in [2.45, 2.75) is 111 Å². The number of hydrogen-bond donors (Lipinski definition) is 2. The maximum Gasteiger partial charge on any atom is 0.324 e. The number of likely N-dealkylation sites (tertiary alicyclic amines) is 2. The van der Waals surface area contributed by atoms with Crippen LogP contribution in [0.2, 0.25) is 0 Å². The predicted molar refractivity (Wildman–Crippen MR) is 252 cm³/mol. The molecule has 0 radical (unpaired) electrons. The van der Waals surface area contributed by atoms with Crippen LogP contribution in [0.15, 0.2) is 41.9 Å². The number of fused-ring (bicyclic) bond motifs is 6. The summed E-state index contributed by atoms with van der Waals surface area (Å²) in [5, 5.41) is 8.29. The molecule has 4 atom stereocenters. The first-order chi connectivity index (χ1) is 31.0. The molecule has 7 heterocycles. The van der Waals surface area contributed by atoms with Crippen molar-refractivity contribution < 1.29 is 28.7 Å². The number of pyridine rings is 1.